The molecule has 4 nitrogen and oxygen atoms in total. The molecule has 0 saturated carbocycles. The van der Waals surface area contributed by atoms with E-state index in [4.69, 9.17) is 5.73 Å². The molecule has 0 aromatic heterocycles. The minimum Gasteiger partial charge on any atom is -0.329 e. The third-order valence-electron chi connectivity index (χ3n) is 4.71. The molecule has 29 heavy (non-hydrogen) atoms. The van der Waals surface area contributed by atoms with Gasteiger partial charge >= 0.3 is 0 Å². The first-order valence-electron chi connectivity index (χ1n) is 9.46. The van der Waals surface area contributed by atoms with Crippen LogP contribution >= 0.6 is 0 Å². The highest BCUT2D eigenvalue weighted by Gasteiger charge is 2.10. The number of nitroso groups, excluding NO2 is 1. The van der Waals surface area contributed by atoms with Gasteiger partial charge in [0, 0.05) is 26.2 Å². The lowest BCUT2D eigenvalue weighted by molar-refractivity contribution is 0.281. The summed E-state index contributed by atoms with van der Waals surface area (Å²) in [6, 6.07) is 18.7. The van der Waals surface area contributed by atoms with E-state index in [1.807, 2.05) is 18.2 Å². The molecule has 0 bridgehead atoms. The Morgan fingerprint density at radius 3 is 1.72 bits per heavy atom. The fourth-order valence-electron chi connectivity index (χ4n) is 3.29. The largest absolute Gasteiger partial charge is 0.329 e. The van der Waals surface area contributed by atoms with Gasteiger partial charge in [-0.05, 0) is 70.3 Å². The van der Waals surface area contributed by atoms with Gasteiger partial charge in [-0.15, -0.1) is 0 Å². The van der Waals surface area contributed by atoms with Crippen LogP contribution in [-0.4, -0.2) is 31.1 Å². The molecule has 0 radical (unpaired) electrons. The third-order valence-corrected chi connectivity index (χ3v) is 4.71. The molecule has 0 spiro atoms. The molecule has 3 aromatic rings. The van der Waals surface area contributed by atoms with E-state index in [1.165, 1.54) is 24.3 Å². The van der Waals surface area contributed by atoms with Crippen LogP contribution in [0.1, 0.15) is 5.56 Å². The van der Waals surface area contributed by atoms with Crippen molar-refractivity contribution in [2.45, 2.75) is 6.54 Å². The molecule has 6 heteroatoms. The van der Waals surface area contributed by atoms with Crippen molar-refractivity contribution in [1.82, 2.24) is 4.90 Å². The summed E-state index contributed by atoms with van der Waals surface area (Å²) in [5, 5.41) is 2.94. The zero-order chi connectivity index (χ0) is 20.6. The average molecular weight is 395 g/mol. The van der Waals surface area contributed by atoms with Gasteiger partial charge in [0.15, 0.2) is 0 Å². The molecule has 150 valence electrons. The van der Waals surface area contributed by atoms with Crippen molar-refractivity contribution < 1.29 is 8.78 Å². The minimum absolute atomic E-state index is 0.197. The van der Waals surface area contributed by atoms with Crippen LogP contribution in [0, 0.1) is 16.5 Å². The summed E-state index contributed by atoms with van der Waals surface area (Å²) in [4.78, 5) is 12.6. The van der Waals surface area contributed by atoms with Gasteiger partial charge in [0.2, 0.25) is 0 Å². The second kappa shape index (κ2) is 10.0. The summed E-state index contributed by atoms with van der Waals surface area (Å²) in [5.74, 6) is -0.585. The van der Waals surface area contributed by atoms with E-state index in [9.17, 15) is 13.7 Å². The van der Waals surface area contributed by atoms with Crippen molar-refractivity contribution in [3.63, 3.8) is 0 Å². The molecule has 3 aromatic carbocycles. The van der Waals surface area contributed by atoms with Crippen molar-refractivity contribution >= 4 is 0 Å². The Kier molecular flexibility index (Phi) is 7.16. The second-order valence-corrected chi connectivity index (χ2v) is 6.85. The van der Waals surface area contributed by atoms with Gasteiger partial charge in [0.1, 0.15) is 11.6 Å². The number of nitrogens with two attached hydrogens (primary N) is 1. The molecule has 0 fully saturated rings. The van der Waals surface area contributed by atoms with Gasteiger partial charge in [-0.1, -0.05) is 29.4 Å². The average Bonchev–Trinajstić information content (AvgIpc) is 2.73. The Morgan fingerprint density at radius 2 is 1.28 bits per heavy atom. The predicted octanol–water partition coefficient (Wildman–Crippen LogP) is 4.83. The number of halogens is 2. The zero-order valence-electron chi connectivity index (χ0n) is 16.0. The lowest BCUT2D eigenvalue weighted by Gasteiger charge is -2.21. The molecular formula is C23H23F2N3O. The summed E-state index contributed by atoms with van der Waals surface area (Å²) in [6.07, 6.45) is 0. The van der Waals surface area contributed by atoms with E-state index in [2.05, 4.69) is 10.1 Å². The van der Waals surface area contributed by atoms with Gasteiger partial charge in [-0.3, -0.25) is 4.90 Å². The van der Waals surface area contributed by atoms with Gasteiger partial charge in [-0.2, -0.15) is 4.91 Å². The Bertz CT molecular complexity index is 880. The number of hydrogen-bond acceptors (Lipinski definition) is 4. The number of benzene rings is 3. The molecule has 0 atom stereocenters. The molecule has 0 saturated heterocycles. The van der Waals surface area contributed by atoms with E-state index in [0.29, 0.717) is 26.2 Å². The van der Waals surface area contributed by atoms with Crippen molar-refractivity contribution in [2.75, 3.05) is 26.2 Å². The first kappa shape index (κ1) is 20.8. The molecule has 0 amide bonds. The van der Waals surface area contributed by atoms with E-state index in [1.54, 1.807) is 24.3 Å². The topological polar surface area (TPSA) is 58.7 Å². The highest BCUT2D eigenvalue weighted by molar-refractivity contribution is 5.74. The summed E-state index contributed by atoms with van der Waals surface area (Å²) in [5.41, 5.74) is 10.4. The highest BCUT2D eigenvalue weighted by atomic mass is 19.1. The van der Waals surface area contributed by atoms with Crippen LogP contribution in [0.5, 0.6) is 0 Å². The van der Waals surface area contributed by atoms with Crippen LogP contribution in [-0.2, 0) is 6.54 Å². The predicted molar refractivity (Wildman–Crippen MR) is 112 cm³/mol. The quantitative estimate of drug-likeness (QED) is 0.528. The SMILES string of the molecule is NCCN(CCN=O)Cc1cc(-c2ccc(F)cc2)cc(-c2ccc(F)cc2)c1. The first-order valence-corrected chi connectivity index (χ1v) is 9.46. The maximum atomic E-state index is 13.4. The Morgan fingerprint density at radius 1 is 0.759 bits per heavy atom. The number of hydrogen-bond donors (Lipinski definition) is 1. The lowest BCUT2D eigenvalue weighted by atomic mass is 9.96. The molecule has 0 aliphatic rings. The smallest absolute Gasteiger partial charge is 0.123 e. The molecular weight excluding hydrogens is 372 g/mol. The van der Waals surface area contributed by atoms with E-state index in [-0.39, 0.29) is 18.2 Å². The number of nitrogens with zero attached hydrogens (tertiary/aromatic N) is 2. The fourth-order valence-corrected chi connectivity index (χ4v) is 3.29. The van der Waals surface area contributed by atoms with Gasteiger partial charge in [-0.25, -0.2) is 8.78 Å². The maximum absolute atomic E-state index is 13.4. The Labute approximate surface area is 168 Å². The van der Waals surface area contributed by atoms with Crippen molar-refractivity contribution in [1.29, 1.82) is 0 Å². The normalized spacial score (nSPS) is 11.0. The van der Waals surface area contributed by atoms with E-state index < -0.39 is 0 Å². The zero-order valence-corrected chi connectivity index (χ0v) is 16.0. The van der Waals surface area contributed by atoms with E-state index in [0.717, 1.165) is 27.8 Å². The maximum Gasteiger partial charge on any atom is 0.123 e. The summed E-state index contributed by atoms with van der Waals surface area (Å²) in [6.45, 7) is 2.43. The van der Waals surface area contributed by atoms with Gasteiger partial charge in [0.25, 0.3) is 0 Å². The monoisotopic (exact) mass is 395 g/mol. The Hall–Kier alpha value is -2.96. The van der Waals surface area contributed by atoms with Crippen LogP contribution in [0.2, 0.25) is 0 Å². The third kappa shape index (κ3) is 5.76. The van der Waals surface area contributed by atoms with Crippen LogP contribution in [0.15, 0.2) is 71.9 Å². The summed E-state index contributed by atoms with van der Waals surface area (Å²) < 4.78 is 26.7. The van der Waals surface area contributed by atoms with Gasteiger partial charge in [0.05, 0.1) is 6.54 Å². The van der Waals surface area contributed by atoms with Crippen molar-refractivity contribution in [3.05, 3.63) is 88.8 Å². The van der Waals surface area contributed by atoms with Crippen molar-refractivity contribution in [3.8, 4) is 22.3 Å². The minimum atomic E-state index is -0.292. The summed E-state index contributed by atoms with van der Waals surface area (Å²) in [7, 11) is 0. The lowest BCUT2D eigenvalue weighted by Crippen LogP contribution is -2.31. The standard InChI is InChI=1S/C23H23F2N3O/c24-22-5-1-18(2-6-22)20-13-17(16-28(11-9-26)12-10-27-29)14-21(15-20)19-3-7-23(25)8-4-19/h1-8,13-15H,9-12,16,26H2. The van der Waals surface area contributed by atoms with Crippen molar-refractivity contribution in [2.24, 2.45) is 10.9 Å². The highest BCUT2D eigenvalue weighted by Crippen LogP contribution is 2.29. The van der Waals surface area contributed by atoms with Crippen LogP contribution in [0.4, 0.5) is 8.78 Å². The fraction of sp³-hybridized carbons (Fsp3) is 0.217. The molecule has 0 aliphatic heterocycles. The Balaban J connectivity index is 2.00. The number of rotatable bonds is 9. The molecule has 0 unspecified atom stereocenters. The first-order chi connectivity index (χ1) is 14.1. The molecule has 0 heterocycles. The molecule has 3 rings (SSSR count). The molecule has 2 N–H and O–H groups in total. The van der Waals surface area contributed by atoms with Crippen LogP contribution in [0.3, 0.4) is 0 Å². The van der Waals surface area contributed by atoms with Crippen LogP contribution in [0.25, 0.3) is 22.3 Å². The second-order valence-electron chi connectivity index (χ2n) is 6.85. The molecule has 0 aliphatic carbocycles. The van der Waals surface area contributed by atoms with Crippen LogP contribution < -0.4 is 5.73 Å². The summed E-state index contributed by atoms with van der Waals surface area (Å²) >= 11 is 0. The van der Waals surface area contributed by atoms with Gasteiger partial charge < -0.3 is 5.73 Å². The van der Waals surface area contributed by atoms with E-state index >= 15 is 0 Å².